The lowest BCUT2D eigenvalue weighted by Gasteiger charge is -2.36. The van der Waals surface area contributed by atoms with Crippen LogP contribution in [0.3, 0.4) is 0 Å². The van der Waals surface area contributed by atoms with Gasteiger partial charge >= 0.3 is 0 Å². The zero-order valence-corrected chi connectivity index (χ0v) is 18.1. The van der Waals surface area contributed by atoms with Crippen molar-refractivity contribution in [2.45, 2.75) is 25.8 Å². The van der Waals surface area contributed by atoms with Gasteiger partial charge in [-0.05, 0) is 66.3 Å². The molecule has 0 radical (unpaired) electrons. The Balaban J connectivity index is 1.51. The quantitative estimate of drug-likeness (QED) is 0.593. The zero-order valence-electron chi connectivity index (χ0n) is 18.1. The van der Waals surface area contributed by atoms with E-state index in [2.05, 4.69) is 10.3 Å². The maximum Gasteiger partial charge on any atom is 0.226 e. The molecule has 1 N–H and O–H groups in total. The van der Waals surface area contributed by atoms with Crippen molar-refractivity contribution < 1.29 is 18.7 Å². The van der Waals surface area contributed by atoms with Crippen LogP contribution in [0.1, 0.15) is 24.0 Å². The Morgan fingerprint density at radius 1 is 1.06 bits per heavy atom. The third-order valence-corrected chi connectivity index (χ3v) is 6.10. The molecule has 32 heavy (non-hydrogen) atoms. The second kappa shape index (κ2) is 9.92. The van der Waals surface area contributed by atoms with Crippen molar-refractivity contribution in [3.8, 4) is 16.9 Å². The lowest BCUT2D eigenvalue weighted by Crippen LogP contribution is -2.45. The summed E-state index contributed by atoms with van der Waals surface area (Å²) in [4.78, 5) is 17.3. The number of nitrogens with one attached hydrogen (secondary N) is 1. The van der Waals surface area contributed by atoms with E-state index in [-0.39, 0.29) is 11.7 Å². The highest BCUT2D eigenvalue weighted by Crippen LogP contribution is 2.36. The van der Waals surface area contributed by atoms with Crippen LogP contribution in [0.5, 0.6) is 5.75 Å². The minimum absolute atomic E-state index is 0.0495. The molecular formula is C26H27FN2O3. The number of carbonyl (C=O) groups excluding carboxylic acids is 1. The Hall–Kier alpha value is -3.25. The van der Waals surface area contributed by atoms with Gasteiger partial charge in [-0.3, -0.25) is 9.78 Å². The van der Waals surface area contributed by atoms with Crippen LogP contribution in [0.15, 0.2) is 67.0 Å². The Morgan fingerprint density at radius 3 is 2.47 bits per heavy atom. The first-order valence-corrected chi connectivity index (χ1v) is 10.8. The number of ether oxygens (including phenoxy) is 2. The molecule has 166 valence electrons. The monoisotopic (exact) mass is 434 g/mol. The maximum absolute atomic E-state index is 13.8. The fourth-order valence-electron chi connectivity index (χ4n) is 4.22. The molecule has 1 aliphatic heterocycles. The van der Waals surface area contributed by atoms with Gasteiger partial charge in [0.15, 0.2) is 0 Å². The number of hydrogen-bond donors (Lipinski definition) is 1. The highest BCUT2D eigenvalue weighted by molar-refractivity contribution is 5.83. The minimum atomic E-state index is -0.511. The van der Waals surface area contributed by atoms with Crippen molar-refractivity contribution >= 4 is 5.91 Å². The molecule has 2 heterocycles. The van der Waals surface area contributed by atoms with Gasteiger partial charge in [0.1, 0.15) is 11.6 Å². The van der Waals surface area contributed by atoms with Gasteiger partial charge in [-0.2, -0.15) is 0 Å². The molecule has 0 aliphatic carbocycles. The molecule has 4 rings (SSSR count). The lowest BCUT2D eigenvalue weighted by atomic mass is 9.74. The predicted octanol–water partition coefficient (Wildman–Crippen LogP) is 4.55. The fourth-order valence-corrected chi connectivity index (χ4v) is 4.22. The van der Waals surface area contributed by atoms with E-state index in [0.717, 1.165) is 16.7 Å². The molecule has 2 aromatic carbocycles. The maximum atomic E-state index is 13.8. The molecule has 0 spiro atoms. The average Bonchev–Trinajstić information content (AvgIpc) is 2.84. The largest absolute Gasteiger partial charge is 0.496 e. The van der Waals surface area contributed by atoms with E-state index < -0.39 is 5.41 Å². The van der Waals surface area contributed by atoms with E-state index in [0.29, 0.717) is 50.3 Å². The van der Waals surface area contributed by atoms with Crippen molar-refractivity contribution in [1.82, 2.24) is 10.3 Å². The molecule has 0 bridgehead atoms. The number of hydrogen-bond acceptors (Lipinski definition) is 4. The van der Waals surface area contributed by atoms with Gasteiger partial charge in [-0.15, -0.1) is 0 Å². The van der Waals surface area contributed by atoms with Crippen LogP contribution in [-0.4, -0.2) is 31.2 Å². The Morgan fingerprint density at radius 2 is 1.78 bits per heavy atom. The second-order valence-electron chi connectivity index (χ2n) is 8.15. The number of halogens is 1. The van der Waals surface area contributed by atoms with Gasteiger partial charge < -0.3 is 14.8 Å². The van der Waals surface area contributed by atoms with Crippen LogP contribution >= 0.6 is 0 Å². The highest BCUT2D eigenvalue weighted by atomic mass is 19.1. The SMILES string of the molecule is COc1ccc(F)cc1-c1ccc(CC2(C(=O)NCc3ccncc3)CCOCC2)cc1. The first-order chi connectivity index (χ1) is 15.6. The second-order valence-corrected chi connectivity index (χ2v) is 8.15. The molecular weight excluding hydrogens is 407 g/mol. The van der Waals surface area contributed by atoms with Gasteiger partial charge in [0.2, 0.25) is 5.91 Å². The molecule has 0 atom stereocenters. The summed E-state index contributed by atoms with van der Waals surface area (Å²) < 4.78 is 24.7. The zero-order chi connectivity index (χ0) is 22.4. The number of methoxy groups -OCH3 is 1. The van der Waals surface area contributed by atoms with Crippen LogP contribution < -0.4 is 10.1 Å². The van der Waals surface area contributed by atoms with Crippen LogP contribution in [0, 0.1) is 11.2 Å². The van der Waals surface area contributed by atoms with E-state index >= 15 is 0 Å². The number of carbonyl (C=O) groups is 1. The standard InChI is InChI=1S/C26H27FN2O3/c1-31-24-7-6-22(27)16-23(24)21-4-2-19(3-5-21)17-26(10-14-32-15-11-26)25(30)29-18-20-8-12-28-13-9-20/h2-9,12-13,16H,10-11,14-15,17-18H2,1H3,(H,29,30). The number of rotatable bonds is 7. The number of nitrogens with zero attached hydrogens (tertiary/aromatic N) is 1. The van der Waals surface area contributed by atoms with Crippen LogP contribution in [-0.2, 0) is 22.5 Å². The van der Waals surface area contributed by atoms with Crippen molar-refractivity contribution in [3.63, 3.8) is 0 Å². The summed E-state index contributed by atoms with van der Waals surface area (Å²) in [7, 11) is 1.57. The predicted molar refractivity (Wildman–Crippen MR) is 121 cm³/mol. The summed E-state index contributed by atoms with van der Waals surface area (Å²) in [6.45, 7) is 1.62. The van der Waals surface area contributed by atoms with Crippen molar-refractivity contribution in [2.24, 2.45) is 5.41 Å². The van der Waals surface area contributed by atoms with Gasteiger partial charge in [-0.1, -0.05) is 24.3 Å². The van der Waals surface area contributed by atoms with Gasteiger partial charge in [0, 0.05) is 37.7 Å². The Kier molecular flexibility index (Phi) is 6.81. The molecule has 0 unspecified atom stereocenters. The van der Waals surface area contributed by atoms with E-state index in [1.807, 2.05) is 36.4 Å². The molecule has 6 heteroatoms. The summed E-state index contributed by atoms with van der Waals surface area (Å²) >= 11 is 0. The van der Waals surface area contributed by atoms with Crippen LogP contribution in [0.4, 0.5) is 4.39 Å². The summed E-state index contributed by atoms with van der Waals surface area (Å²) in [5, 5.41) is 3.11. The molecule has 1 amide bonds. The summed E-state index contributed by atoms with van der Waals surface area (Å²) in [5.74, 6) is 0.362. The van der Waals surface area contributed by atoms with E-state index in [4.69, 9.17) is 9.47 Å². The molecule has 1 fully saturated rings. The Bertz CT molecular complexity index is 1050. The Labute approximate surface area is 187 Å². The number of pyridine rings is 1. The van der Waals surface area contributed by atoms with Gasteiger partial charge in [-0.25, -0.2) is 4.39 Å². The minimum Gasteiger partial charge on any atom is -0.496 e. The molecule has 5 nitrogen and oxygen atoms in total. The molecule has 1 aromatic heterocycles. The number of benzene rings is 2. The number of aromatic nitrogens is 1. The summed E-state index contributed by atoms with van der Waals surface area (Å²) in [5.41, 5.74) is 3.14. The third kappa shape index (κ3) is 4.97. The summed E-state index contributed by atoms with van der Waals surface area (Å²) in [6.07, 6.45) is 5.42. The van der Waals surface area contributed by atoms with Crippen LogP contribution in [0.2, 0.25) is 0 Å². The van der Waals surface area contributed by atoms with Crippen molar-refractivity contribution in [3.05, 3.63) is 83.9 Å². The molecule has 3 aromatic rings. The number of amides is 1. The van der Waals surface area contributed by atoms with Gasteiger partial charge in [0.25, 0.3) is 0 Å². The first kappa shape index (κ1) is 22.0. The normalized spacial score (nSPS) is 15.2. The van der Waals surface area contributed by atoms with Gasteiger partial charge in [0.05, 0.1) is 12.5 Å². The van der Waals surface area contributed by atoms with Crippen LogP contribution in [0.25, 0.3) is 11.1 Å². The van der Waals surface area contributed by atoms with E-state index in [1.54, 1.807) is 25.6 Å². The fraction of sp³-hybridized carbons (Fsp3) is 0.308. The smallest absolute Gasteiger partial charge is 0.226 e. The average molecular weight is 435 g/mol. The van der Waals surface area contributed by atoms with Crippen molar-refractivity contribution in [1.29, 1.82) is 0 Å². The molecule has 1 aliphatic rings. The molecule has 1 saturated heterocycles. The van der Waals surface area contributed by atoms with Crippen molar-refractivity contribution in [2.75, 3.05) is 20.3 Å². The van der Waals surface area contributed by atoms with E-state index in [1.165, 1.54) is 12.1 Å². The first-order valence-electron chi connectivity index (χ1n) is 10.8. The van der Waals surface area contributed by atoms with E-state index in [9.17, 15) is 9.18 Å². The lowest BCUT2D eigenvalue weighted by molar-refractivity contribution is -0.136. The topological polar surface area (TPSA) is 60.5 Å². The molecule has 0 saturated carbocycles. The highest BCUT2D eigenvalue weighted by Gasteiger charge is 2.39. The third-order valence-electron chi connectivity index (χ3n) is 6.10. The summed E-state index contributed by atoms with van der Waals surface area (Å²) in [6, 6.07) is 16.2.